The van der Waals surface area contributed by atoms with E-state index in [9.17, 15) is 5.11 Å². The predicted molar refractivity (Wildman–Crippen MR) is 26.5 cm³/mol. The monoisotopic (exact) mass is 102 g/mol. The Morgan fingerprint density at radius 1 is 1.50 bits per heavy atom. The van der Waals surface area contributed by atoms with Gasteiger partial charge in [-0.25, -0.2) is 0 Å². The molecule has 0 aliphatic heterocycles. The van der Waals surface area contributed by atoms with Crippen LogP contribution in [0.25, 0.3) is 0 Å². The molecule has 0 saturated carbocycles. The maximum absolute atomic E-state index is 10.4. The molecule has 0 saturated heterocycles. The summed E-state index contributed by atoms with van der Waals surface area (Å²) in [4.78, 5) is 0. The van der Waals surface area contributed by atoms with E-state index in [0.717, 1.165) is 6.42 Å². The molecule has 0 aromatic carbocycles. The van der Waals surface area contributed by atoms with Crippen LogP contribution in [0.4, 0.5) is 0 Å². The van der Waals surface area contributed by atoms with Gasteiger partial charge in [-0.05, 0) is 12.8 Å². The summed E-state index contributed by atoms with van der Waals surface area (Å²) in [5.74, 6) is 0.252. The molecular weight excluding hydrogens is 95.0 g/mol. The zero-order chi connectivity index (χ0) is 5.11. The third-order valence-electron chi connectivity index (χ3n) is 0.976. The first kappa shape index (κ1) is 7.88. The van der Waals surface area contributed by atoms with Crippen LogP contribution in [-0.2, 0) is 0 Å². The van der Waals surface area contributed by atoms with Gasteiger partial charge in [-0.2, -0.15) is 0 Å². The second kappa shape index (κ2) is 3.83. The van der Waals surface area contributed by atoms with Crippen LogP contribution in [0.2, 0.25) is 0 Å². The van der Waals surface area contributed by atoms with Gasteiger partial charge in [0.15, 0.2) is 0 Å². The molecule has 0 bridgehead atoms. The van der Waals surface area contributed by atoms with Crippen LogP contribution in [0.5, 0.6) is 0 Å². The van der Waals surface area contributed by atoms with Crippen LogP contribution >= 0.6 is 0 Å². The Labute approximate surface area is 61.3 Å². The van der Waals surface area contributed by atoms with Crippen LogP contribution in [0.1, 0.15) is 12.8 Å². The summed E-state index contributed by atoms with van der Waals surface area (Å²) >= 11 is 0. The van der Waals surface area contributed by atoms with Crippen molar-refractivity contribution in [2.45, 2.75) is 12.8 Å². The van der Waals surface area contributed by atoms with Gasteiger partial charge in [0.25, 0.3) is 0 Å². The van der Waals surface area contributed by atoms with Gasteiger partial charge in [-0.15, -0.1) is 5.76 Å². The first-order valence-electron chi connectivity index (χ1n) is 2.42. The molecule has 1 nitrogen and oxygen atoms in total. The average molecular weight is 102 g/mol. The van der Waals surface area contributed by atoms with Crippen molar-refractivity contribution in [1.82, 2.24) is 0 Å². The normalized spacial score (nSPS) is 16.8. The van der Waals surface area contributed by atoms with Gasteiger partial charge < -0.3 is 5.11 Å². The molecular formula is C6H7LiO. The van der Waals surface area contributed by atoms with Gasteiger partial charge >= 0.3 is 18.9 Å². The molecule has 38 valence electrons. The van der Waals surface area contributed by atoms with Crippen LogP contribution in [0.15, 0.2) is 24.0 Å². The number of allylic oxidation sites excluding steroid dienone is 4. The van der Waals surface area contributed by atoms with Crippen LogP contribution in [0.3, 0.4) is 0 Å². The van der Waals surface area contributed by atoms with E-state index in [0.29, 0.717) is 6.42 Å². The van der Waals surface area contributed by atoms with Crippen molar-refractivity contribution in [2.24, 2.45) is 0 Å². The molecule has 1 rings (SSSR count). The maximum atomic E-state index is 10.4. The van der Waals surface area contributed by atoms with Crippen molar-refractivity contribution in [1.29, 1.82) is 0 Å². The fourth-order valence-corrected chi connectivity index (χ4v) is 0.581. The minimum absolute atomic E-state index is 0. The van der Waals surface area contributed by atoms with Crippen molar-refractivity contribution < 1.29 is 24.0 Å². The molecule has 0 radical (unpaired) electrons. The SMILES string of the molecule is [Li+].[O-]C1=CC=CCC1. The van der Waals surface area contributed by atoms with Crippen LogP contribution < -0.4 is 24.0 Å². The summed E-state index contributed by atoms with van der Waals surface area (Å²) in [5.41, 5.74) is 0. The Bertz CT molecular complexity index is 116. The molecule has 8 heavy (non-hydrogen) atoms. The quantitative estimate of drug-likeness (QED) is 0.312. The van der Waals surface area contributed by atoms with Gasteiger partial charge in [-0.1, -0.05) is 18.2 Å². The third kappa shape index (κ3) is 2.25. The van der Waals surface area contributed by atoms with E-state index in [4.69, 9.17) is 0 Å². The van der Waals surface area contributed by atoms with E-state index in [1.807, 2.05) is 12.2 Å². The van der Waals surface area contributed by atoms with Gasteiger partial charge in [0.2, 0.25) is 0 Å². The zero-order valence-electron chi connectivity index (χ0n) is 5.05. The predicted octanol–water partition coefficient (Wildman–Crippen LogP) is -2.42. The molecule has 0 aromatic heterocycles. The van der Waals surface area contributed by atoms with E-state index in [1.54, 1.807) is 6.08 Å². The summed E-state index contributed by atoms with van der Waals surface area (Å²) in [5, 5.41) is 10.4. The van der Waals surface area contributed by atoms with Crippen molar-refractivity contribution >= 4 is 0 Å². The summed E-state index contributed by atoms with van der Waals surface area (Å²) in [6.45, 7) is 0. The first-order valence-corrected chi connectivity index (χ1v) is 2.42. The number of hydrogen-bond acceptors (Lipinski definition) is 1. The smallest absolute Gasteiger partial charge is 0.875 e. The van der Waals surface area contributed by atoms with E-state index >= 15 is 0 Å². The molecule has 1 aliphatic carbocycles. The summed E-state index contributed by atoms with van der Waals surface area (Å²) in [6, 6.07) is 0. The van der Waals surface area contributed by atoms with E-state index in [-0.39, 0.29) is 24.6 Å². The Morgan fingerprint density at radius 2 is 2.25 bits per heavy atom. The average Bonchev–Trinajstić information content (AvgIpc) is 1.69. The maximum Gasteiger partial charge on any atom is 1.00 e. The number of rotatable bonds is 0. The topological polar surface area (TPSA) is 23.1 Å². The fraction of sp³-hybridized carbons (Fsp3) is 0.333. The zero-order valence-corrected chi connectivity index (χ0v) is 5.05. The summed E-state index contributed by atoms with van der Waals surface area (Å²) in [6.07, 6.45) is 7.06. The van der Waals surface area contributed by atoms with Gasteiger partial charge in [0, 0.05) is 0 Å². The molecule has 0 N–H and O–H groups in total. The van der Waals surface area contributed by atoms with Gasteiger partial charge in [-0.3, -0.25) is 0 Å². The third-order valence-corrected chi connectivity index (χ3v) is 0.976. The second-order valence-corrected chi connectivity index (χ2v) is 1.60. The molecule has 0 heterocycles. The summed E-state index contributed by atoms with van der Waals surface area (Å²) < 4.78 is 0. The summed E-state index contributed by atoms with van der Waals surface area (Å²) in [7, 11) is 0. The van der Waals surface area contributed by atoms with Gasteiger partial charge in [0.05, 0.1) is 0 Å². The fourth-order valence-electron chi connectivity index (χ4n) is 0.581. The van der Waals surface area contributed by atoms with Gasteiger partial charge in [0.1, 0.15) is 0 Å². The molecule has 0 fully saturated rings. The Kier molecular flexibility index (Phi) is 3.77. The standard InChI is InChI=1S/C6H8O.Li/c7-6-4-2-1-3-5-6;/h1-2,4,7H,3,5H2;/q;+1/p-1. The second-order valence-electron chi connectivity index (χ2n) is 1.60. The molecule has 0 unspecified atom stereocenters. The molecule has 0 aromatic rings. The van der Waals surface area contributed by atoms with Crippen LogP contribution in [0, 0.1) is 0 Å². The molecule has 2 heteroatoms. The van der Waals surface area contributed by atoms with E-state index in [2.05, 4.69) is 0 Å². The largest absolute Gasteiger partial charge is 1.00 e. The van der Waals surface area contributed by atoms with Crippen LogP contribution in [-0.4, -0.2) is 0 Å². The molecule has 0 atom stereocenters. The molecule has 0 amide bonds. The molecule has 1 aliphatic rings. The Balaban J connectivity index is 0.000000490. The minimum Gasteiger partial charge on any atom is -0.875 e. The van der Waals surface area contributed by atoms with E-state index < -0.39 is 0 Å². The Hall–Kier alpha value is -0.123. The first-order chi connectivity index (χ1) is 3.39. The number of hydrogen-bond donors (Lipinski definition) is 0. The van der Waals surface area contributed by atoms with Crippen molar-refractivity contribution in [3.05, 3.63) is 24.0 Å². The minimum atomic E-state index is 0. The molecule has 0 spiro atoms. The van der Waals surface area contributed by atoms with E-state index in [1.165, 1.54) is 0 Å². The van der Waals surface area contributed by atoms with Crippen molar-refractivity contribution in [3.8, 4) is 0 Å². The van der Waals surface area contributed by atoms with Crippen molar-refractivity contribution in [2.75, 3.05) is 0 Å². The Morgan fingerprint density at radius 3 is 2.50 bits per heavy atom. The van der Waals surface area contributed by atoms with Crippen molar-refractivity contribution in [3.63, 3.8) is 0 Å².